The Morgan fingerprint density at radius 2 is 2.00 bits per heavy atom. The van der Waals surface area contributed by atoms with Crippen molar-refractivity contribution in [1.82, 2.24) is 9.88 Å². The van der Waals surface area contributed by atoms with Gasteiger partial charge >= 0.3 is 0 Å². The number of nitrogens with zero attached hydrogens (tertiary/aromatic N) is 2. The van der Waals surface area contributed by atoms with Gasteiger partial charge in [-0.3, -0.25) is 9.59 Å². The maximum atomic E-state index is 12.8. The van der Waals surface area contributed by atoms with Crippen LogP contribution in [0.5, 0.6) is 5.75 Å². The number of amides is 2. The van der Waals surface area contributed by atoms with Crippen molar-refractivity contribution >= 4 is 40.2 Å². The lowest BCUT2D eigenvalue weighted by molar-refractivity contribution is 0.0827. The Morgan fingerprint density at radius 1 is 1.22 bits per heavy atom. The first-order valence-electron chi connectivity index (χ1n) is 8.11. The number of carbonyl (C=O) groups is 2. The molecule has 8 heteroatoms. The van der Waals surface area contributed by atoms with Crippen molar-refractivity contribution in [2.45, 2.75) is 6.92 Å². The number of ether oxygens (including phenoxy) is 1. The number of anilines is 1. The number of hydrogen-bond donors (Lipinski definition) is 1. The van der Waals surface area contributed by atoms with Gasteiger partial charge in [-0.15, -0.1) is 11.3 Å². The van der Waals surface area contributed by atoms with Gasteiger partial charge in [-0.25, -0.2) is 4.98 Å². The Bertz CT molecular complexity index is 978. The smallest absolute Gasteiger partial charge is 0.267 e. The number of aryl methyl sites for hydroxylation is 1. The Kier molecular flexibility index (Phi) is 5.57. The number of thiophene rings is 1. The van der Waals surface area contributed by atoms with Crippen LogP contribution in [0.3, 0.4) is 0 Å². The van der Waals surface area contributed by atoms with Crippen LogP contribution in [-0.4, -0.2) is 42.9 Å². The quantitative estimate of drug-likeness (QED) is 0.697. The summed E-state index contributed by atoms with van der Waals surface area (Å²) in [5.41, 5.74) is 2.58. The van der Waals surface area contributed by atoms with Gasteiger partial charge in [0.2, 0.25) is 0 Å². The molecule has 0 spiro atoms. The van der Waals surface area contributed by atoms with E-state index < -0.39 is 0 Å². The van der Waals surface area contributed by atoms with Crippen molar-refractivity contribution in [1.29, 1.82) is 0 Å². The molecule has 2 amide bonds. The molecule has 2 heterocycles. The first-order valence-corrected chi connectivity index (χ1v) is 9.87. The first-order chi connectivity index (χ1) is 12.9. The molecule has 0 bridgehead atoms. The summed E-state index contributed by atoms with van der Waals surface area (Å²) < 4.78 is 5.32. The number of thiazole rings is 1. The molecule has 2 aromatic heterocycles. The molecule has 0 radical (unpaired) electrons. The predicted octanol–water partition coefficient (Wildman–Crippen LogP) is 4.14. The summed E-state index contributed by atoms with van der Waals surface area (Å²) in [6.45, 7) is 1.81. The van der Waals surface area contributed by atoms with Crippen LogP contribution in [0.1, 0.15) is 25.7 Å². The van der Waals surface area contributed by atoms with Crippen LogP contribution in [0.25, 0.3) is 10.6 Å². The minimum Gasteiger partial charge on any atom is -0.495 e. The van der Waals surface area contributed by atoms with Crippen molar-refractivity contribution in [2.24, 2.45) is 0 Å². The van der Waals surface area contributed by atoms with E-state index in [-0.39, 0.29) is 11.8 Å². The number of methoxy groups -OCH3 is 1. The topological polar surface area (TPSA) is 71.5 Å². The van der Waals surface area contributed by atoms with Gasteiger partial charge in [0, 0.05) is 30.6 Å². The number of carbonyl (C=O) groups excluding carboxylic acids is 2. The van der Waals surface area contributed by atoms with Gasteiger partial charge in [0.25, 0.3) is 11.8 Å². The highest BCUT2D eigenvalue weighted by Crippen LogP contribution is 2.31. The average molecular weight is 402 g/mol. The maximum Gasteiger partial charge on any atom is 0.267 e. The van der Waals surface area contributed by atoms with E-state index in [1.54, 1.807) is 43.6 Å². The van der Waals surface area contributed by atoms with E-state index in [4.69, 9.17) is 4.74 Å². The summed E-state index contributed by atoms with van der Waals surface area (Å²) in [7, 11) is 4.87. The SMILES string of the molecule is COc1ccc(C(=O)N(C)C)cc1NC(=O)c1sc(-c2ccsc2)nc1C. The molecule has 0 atom stereocenters. The van der Waals surface area contributed by atoms with E-state index in [0.29, 0.717) is 27.6 Å². The fraction of sp³-hybridized carbons (Fsp3) is 0.211. The van der Waals surface area contributed by atoms with Gasteiger partial charge in [-0.1, -0.05) is 0 Å². The van der Waals surface area contributed by atoms with E-state index in [9.17, 15) is 9.59 Å². The lowest BCUT2D eigenvalue weighted by Crippen LogP contribution is -2.22. The van der Waals surface area contributed by atoms with Gasteiger partial charge < -0.3 is 15.0 Å². The normalized spacial score (nSPS) is 10.5. The van der Waals surface area contributed by atoms with E-state index in [1.165, 1.54) is 23.3 Å². The van der Waals surface area contributed by atoms with E-state index in [1.807, 2.05) is 23.8 Å². The van der Waals surface area contributed by atoms with Crippen LogP contribution in [-0.2, 0) is 0 Å². The average Bonchev–Trinajstić information content (AvgIpc) is 3.30. The molecule has 0 fully saturated rings. The molecule has 0 aliphatic heterocycles. The van der Waals surface area contributed by atoms with Gasteiger partial charge in [-0.2, -0.15) is 11.3 Å². The molecule has 0 aliphatic carbocycles. The molecule has 0 saturated heterocycles. The van der Waals surface area contributed by atoms with Crippen molar-refractivity contribution in [3.05, 3.63) is 51.2 Å². The van der Waals surface area contributed by atoms with Gasteiger partial charge in [0.05, 0.1) is 18.5 Å². The molecule has 0 aliphatic rings. The second-order valence-corrected chi connectivity index (χ2v) is 7.79. The molecule has 140 valence electrons. The number of hydrogen-bond acceptors (Lipinski definition) is 6. The van der Waals surface area contributed by atoms with Crippen molar-refractivity contribution in [2.75, 3.05) is 26.5 Å². The molecular weight excluding hydrogens is 382 g/mol. The summed E-state index contributed by atoms with van der Waals surface area (Å²) >= 11 is 2.93. The summed E-state index contributed by atoms with van der Waals surface area (Å²) in [6, 6.07) is 6.94. The number of benzene rings is 1. The number of nitrogens with one attached hydrogen (secondary N) is 1. The van der Waals surface area contributed by atoms with Crippen LogP contribution < -0.4 is 10.1 Å². The molecule has 0 unspecified atom stereocenters. The summed E-state index contributed by atoms with van der Waals surface area (Å²) in [4.78, 5) is 31.5. The van der Waals surface area contributed by atoms with E-state index >= 15 is 0 Å². The lowest BCUT2D eigenvalue weighted by atomic mass is 10.1. The zero-order valence-corrected chi connectivity index (χ0v) is 17.0. The zero-order chi connectivity index (χ0) is 19.6. The summed E-state index contributed by atoms with van der Waals surface area (Å²) in [6.07, 6.45) is 0. The third kappa shape index (κ3) is 4.01. The highest BCUT2D eigenvalue weighted by atomic mass is 32.1. The Hall–Kier alpha value is -2.71. The van der Waals surface area contributed by atoms with Crippen LogP contribution in [0.15, 0.2) is 35.0 Å². The van der Waals surface area contributed by atoms with Crippen LogP contribution in [0.2, 0.25) is 0 Å². The molecule has 0 saturated carbocycles. The van der Waals surface area contributed by atoms with Gasteiger partial charge in [0.15, 0.2) is 0 Å². The fourth-order valence-electron chi connectivity index (χ4n) is 2.49. The lowest BCUT2D eigenvalue weighted by Gasteiger charge is -2.14. The molecule has 27 heavy (non-hydrogen) atoms. The van der Waals surface area contributed by atoms with E-state index in [0.717, 1.165) is 10.6 Å². The third-order valence-corrected chi connectivity index (χ3v) is 5.76. The van der Waals surface area contributed by atoms with Crippen LogP contribution in [0, 0.1) is 6.92 Å². The second-order valence-electron chi connectivity index (χ2n) is 6.01. The van der Waals surface area contributed by atoms with Crippen molar-refractivity contribution < 1.29 is 14.3 Å². The van der Waals surface area contributed by atoms with Gasteiger partial charge in [-0.05, 0) is 36.6 Å². The Labute approximate surface area is 165 Å². The largest absolute Gasteiger partial charge is 0.495 e. The van der Waals surface area contributed by atoms with Gasteiger partial charge in [0.1, 0.15) is 15.6 Å². The predicted molar refractivity (Wildman–Crippen MR) is 109 cm³/mol. The van der Waals surface area contributed by atoms with E-state index in [2.05, 4.69) is 10.3 Å². The molecule has 3 rings (SSSR count). The Balaban J connectivity index is 1.89. The standard InChI is InChI=1S/C19H19N3O3S2/c1-11-16(27-18(20-11)13-7-8-26-10-13)17(23)21-14-9-12(19(24)22(2)3)5-6-15(14)25-4/h5-10H,1-4H3,(H,21,23). The number of rotatable bonds is 5. The molecule has 1 N–H and O–H groups in total. The first kappa shape index (κ1) is 19.1. The molecular formula is C19H19N3O3S2. The fourth-order valence-corrected chi connectivity index (χ4v) is 4.17. The van der Waals surface area contributed by atoms with Crippen molar-refractivity contribution in [3.63, 3.8) is 0 Å². The van der Waals surface area contributed by atoms with Crippen LogP contribution >= 0.6 is 22.7 Å². The zero-order valence-electron chi connectivity index (χ0n) is 15.4. The Morgan fingerprint density at radius 3 is 2.63 bits per heavy atom. The minimum atomic E-state index is -0.278. The third-order valence-electron chi connectivity index (χ3n) is 3.87. The summed E-state index contributed by atoms with van der Waals surface area (Å²) in [5, 5.41) is 7.63. The second kappa shape index (κ2) is 7.89. The maximum absolute atomic E-state index is 12.8. The highest BCUT2D eigenvalue weighted by Gasteiger charge is 2.19. The van der Waals surface area contributed by atoms with Crippen molar-refractivity contribution in [3.8, 4) is 16.3 Å². The molecule has 3 aromatic rings. The minimum absolute atomic E-state index is 0.151. The monoisotopic (exact) mass is 401 g/mol. The van der Waals surface area contributed by atoms with Crippen LogP contribution in [0.4, 0.5) is 5.69 Å². The molecule has 1 aromatic carbocycles. The summed E-state index contributed by atoms with van der Waals surface area (Å²) in [5.74, 6) is 0.0555. The molecule has 6 nitrogen and oxygen atoms in total. The highest BCUT2D eigenvalue weighted by molar-refractivity contribution is 7.17. The number of aromatic nitrogens is 1.